The predicted molar refractivity (Wildman–Crippen MR) is 46.3 cm³/mol. The van der Waals surface area contributed by atoms with E-state index in [1.807, 2.05) is 6.92 Å². The maximum Gasteiger partial charge on any atom is 0.153 e. The molecule has 0 aromatic rings. The van der Waals surface area contributed by atoms with E-state index in [4.69, 9.17) is 5.26 Å². The first kappa shape index (κ1) is 9.25. The van der Waals surface area contributed by atoms with Gasteiger partial charge in [0.15, 0.2) is 5.78 Å². The minimum absolute atomic E-state index is 0.187. The average molecular weight is 165 g/mol. The van der Waals surface area contributed by atoms with E-state index in [1.54, 1.807) is 0 Å². The Bertz CT molecular complexity index is 216. The first-order valence-corrected chi connectivity index (χ1v) is 4.64. The molecule has 1 saturated carbocycles. The minimum atomic E-state index is -0.329. The molecule has 3 atom stereocenters. The van der Waals surface area contributed by atoms with Crippen LogP contribution in [0.1, 0.15) is 33.1 Å². The van der Waals surface area contributed by atoms with Crippen LogP contribution in [0.15, 0.2) is 0 Å². The molecule has 0 aliphatic heterocycles. The highest BCUT2D eigenvalue weighted by Gasteiger charge is 2.41. The normalized spacial score (nSPS) is 29.1. The third kappa shape index (κ3) is 1.85. The zero-order valence-electron chi connectivity index (χ0n) is 7.71. The molecule has 1 aliphatic rings. The Morgan fingerprint density at radius 3 is 2.67 bits per heavy atom. The molecule has 0 saturated heterocycles. The molecule has 0 aromatic carbocycles. The monoisotopic (exact) mass is 165 g/mol. The highest BCUT2D eigenvalue weighted by molar-refractivity contribution is 5.87. The average Bonchev–Trinajstić information content (AvgIpc) is 2.77. The molecule has 0 amide bonds. The molecule has 3 unspecified atom stereocenters. The first-order valence-electron chi connectivity index (χ1n) is 4.64. The number of nitriles is 1. The van der Waals surface area contributed by atoms with Crippen molar-refractivity contribution in [3.05, 3.63) is 0 Å². The number of hydrogen-bond donors (Lipinski definition) is 0. The molecule has 0 N–H and O–H groups in total. The Hall–Kier alpha value is -0.840. The minimum Gasteiger partial charge on any atom is -0.298 e. The summed E-state index contributed by atoms with van der Waals surface area (Å²) in [5.74, 6) is 0.600. The van der Waals surface area contributed by atoms with Crippen molar-refractivity contribution in [2.24, 2.45) is 17.8 Å². The zero-order valence-corrected chi connectivity index (χ0v) is 7.71. The number of Topliss-reactive ketones (excluding diaryl/α,β-unsaturated/α-hetero) is 1. The second-order valence-corrected chi connectivity index (χ2v) is 3.69. The third-order valence-electron chi connectivity index (χ3n) is 2.55. The Morgan fingerprint density at radius 2 is 2.33 bits per heavy atom. The molecule has 1 fully saturated rings. The molecular formula is C10H15NO. The van der Waals surface area contributed by atoms with Gasteiger partial charge in [-0.05, 0) is 18.8 Å². The van der Waals surface area contributed by atoms with Gasteiger partial charge in [-0.25, -0.2) is 0 Å². The summed E-state index contributed by atoms with van der Waals surface area (Å²) < 4.78 is 0. The molecule has 2 nitrogen and oxygen atoms in total. The smallest absolute Gasteiger partial charge is 0.153 e. The molecule has 1 rings (SSSR count). The Labute approximate surface area is 73.6 Å². The maximum atomic E-state index is 11.5. The van der Waals surface area contributed by atoms with E-state index >= 15 is 0 Å². The third-order valence-corrected chi connectivity index (χ3v) is 2.55. The predicted octanol–water partition coefficient (Wildman–Crippen LogP) is 2.15. The lowest BCUT2D eigenvalue weighted by molar-refractivity contribution is -0.122. The van der Waals surface area contributed by atoms with Crippen LogP contribution in [0.4, 0.5) is 0 Å². The van der Waals surface area contributed by atoms with Crippen LogP contribution in [-0.2, 0) is 4.79 Å². The van der Waals surface area contributed by atoms with Crippen molar-refractivity contribution in [1.82, 2.24) is 0 Å². The van der Waals surface area contributed by atoms with Crippen LogP contribution in [0.25, 0.3) is 0 Å². The van der Waals surface area contributed by atoms with Crippen LogP contribution in [0.5, 0.6) is 0 Å². The summed E-state index contributed by atoms with van der Waals surface area (Å²) in [7, 11) is 0. The van der Waals surface area contributed by atoms with Gasteiger partial charge in [0, 0.05) is 5.92 Å². The maximum absolute atomic E-state index is 11.5. The molecule has 12 heavy (non-hydrogen) atoms. The first-order chi connectivity index (χ1) is 5.70. The molecule has 0 aromatic heterocycles. The lowest BCUT2D eigenvalue weighted by Crippen LogP contribution is -2.14. The lowest BCUT2D eigenvalue weighted by atomic mass is 9.96. The molecule has 66 valence electrons. The van der Waals surface area contributed by atoms with Gasteiger partial charge in [0.1, 0.15) is 5.92 Å². The van der Waals surface area contributed by atoms with Crippen LogP contribution in [0.2, 0.25) is 0 Å². The topological polar surface area (TPSA) is 40.9 Å². The second kappa shape index (κ2) is 3.71. The molecular weight excluding hydrogens is 150 g/mol. The standard InChI is InChI=1S/C10H15NO/c1-3-4-8(6-11)10(12)9-5-7(9)2/h7-9H,3-5H2,1-2H3. The van der Waals surface area contributed by atoms with Gasteiger partial charge in [-0.1, -0.05) is 20.3 Å². The van der Waals surface area contributed by atoms with E-state index in [0.717, 1.165) is 19.3 Å². The van der Waals surface area contributed by atoms with Gasteiger partial charge >= 0.3 is 0 Å². The van der Waals surface area contributed by atoms with Crippen molar-refractivity contribution in [2.75, 3.05) is 0 Å². The van der Waals surface area contributed by atoms with Gasteiger partial charge < -0.3 is 0 Å². The SMILES string of the molecule is CCCC(C#N)C(=O)C1CC1C. The second-order valence-electron chi connectivity index (χ2n) is 3.69. The Balaban J connectivity index is 2.44. The lowest BCUT2D eigenvalue weighted by Gasteiger charge is -2.04. The summed E-state index contributed by atoms with van der Waals surface area (Å²) in [5.41, 5.74) is 0. The highest BCUT2D eigenvalue weighted by Crippen LogP contribution is 2.40. The number of ketones is 1. The molecule has 0 radical (unpaired) electrons. The largest absolute Gasteiger partial charge is 0.298 e. The summed E-state index contributed by atoms with van der Waals surface area (Å²) in [6.07, 6.45) is 2.66. The fourth-order valence-electron chi connectivity index (χ4n) is 1.54. The Kier molecular flexibility index (Phi) is 2.86. The summed E-state index contributed by atoms with van der Waals surface area (Å²) in [4.78, 5) is 11.5. The van der Waals surface area contributed by atoms with Crippen LogP contribution >= 0.6 is 0 Å². The van der Waals surface area contributed by atoms with Crippen molar-refractivity contribution >= 4 is 5.78 Å². The van der Waals surface area contributed by atoms with E-state index in [9.17, 15) is 4.79 Å². The van der Waals surface area contributed by atoms with Crippen molar-refractivity contribution in [3.63, 3.8) is 0 Å². The molecule has 0 bridgehead atoms. The van der Waals surface area contributed by atoms with Gasteiger partial charge in [0.2, 0.25) is 0 Å². The number of hydrogen-bond acceptors (Lipinski definition) is 2. The van der Waals surface area contributed by atoms with Crippen molar-refractivity contribution in [3.8, 4) is 6.07 Å². The molecule has 0 spiro atoms. The van der Waals surface area contributed by atoms with Crippen molar-refractivity contribution in [1.29, 1.82) is 5.26 Å². The zero-order chi connectivity index (χ0) is 9.14. The van der Waals surface area contributed by atoms with E-state index < -0.39 is 0 Å². The van der Waals surface area contributed by atoms with Crippen LogP contribution < -0.4 is 0 Å². The van der Waals surface area contributed by atoms with Crippen LogP contribution in [-0.4, -0.2) is 5.78 Å². The quantitative estimate of drug-likeness (QED) is 0.640. The number of carbonyl (C=O) groups is 1. The van der Waals surface area contributed by atoms with Gasteiger partial charge in [-0.2, -0.15) is 5.26 Å². The molecule has 1 aliphatic carbocycles. The van der Waals surface area contributed by atoms with E-state index in [-0.39, 0.29) is 17.6 Å². The van der Waals surface area contributed by atoms with Gasteiger partial charge in [-0.3, -0.25) is 4.79 Å². The summed E-state index contributed by atoms with van der Waals surface area (Å²) in [6, 6.07) is 2.10. The number of nitrogens with zero attached hydrogens (tertiary/aromatic N) is 1. The van der Waals surface area contributed by atoms with Gasteiger partial charge in [-0.15, -0.1) is 0 Å². The Morgan fingerprint density at radius 1 is 1.75 bits per heavy atom. The fourth-order valence-corrected chi connectivity index (χ4v) is 1.54. The van der Waals surface area contributed by atoms with Crippen LogP contribution in [0.3, 0.4) is 0 Å². The number of rotatable bonds is 4. The fraction of sp³-hybridized carbons (Fsp3) is 0.800. The summed E-state index contributed by atoms with van der Waals surface area (Å²) in [6.45, 7) is 4.08. The molecule has 2 heteroatoms. The molecule has 0 heterocycles. The van der Waals surface area contributed by atoms with E-state index in [2.05, 4.69) is 13.0 Å². The summed E-state index contributed by atoms with van der Waals surface area (Å²) in [5, 5.41) is 8.72. The van der Waals surface area contributed by atoms with E-state index in [1.165, 1.54) is 0 Å². The highest BCUT2D eigenvalue weighted by atomic mass is 16.1. The van der Waals surface area contributed by atoms with Crippen molar-refractivity contribution in [2.45, 2.75) is 33.1 Å². The van der Waals surface area contributed by atoms with Crippen molar-refractivity contribution < 1.29 is 4.79 Å². The number of carbonyl (C=O) groups excluding carboxylic acids is 1. The van der Waals surface area contributed by atoms with Crippen LogP contribution in [0, 0.1) is 29.1 Å². The van der Waals surface area contributed by atoms with E-state index in [0.29, 0.717) is 5.92 Å². The van der Waals surface area contributed by atoms with Gasteiger partial charge in [0.25, 0.3) is 0 Å². The van der Waals surface area contributed by atoms with Gasteiger partial charge in [0.05, 0.1) is 6.07 Å². The summed E-state index contributed by atoms with van der Waals surface area (Å²) >= 11 is 0.